The van der Waals surface area contributed by atoms with E-state index in [0.717, 1.165) is 41.7 Å². The largest absolute Gasteiger partial charge is 0.298 e. The minimum atomic E-state index is -1.19. The first-order valence-electron chi connectivity index (χ1n) is 7.06. The van der Waals surface area contributed by atoms with Gasteiger partial charge in [-0.1, -0.05) is 31.4 Å². The predicted molar refractivity (Wildman–Crippen MR) is 78.8 cm³/mol. The highest BCUT2D eigenvalue weighted by Gasteiger charge is 2.23. The lowest BCUT2D eigenvalue weighted by atomic mass is 9.87. The molecule has 0 radical (unpaired) electrons. The number of hydrogen-bond acceptors (Lipinski definition) is 2. The van der Waals surface area contributed by atoms with Gasteiger partial charge in [0, 0.05) is 10.8 Å². The molecule has 0 heterocycles. The van der Waals surface area contributed by atoms with E-state index in [1.54, 1.807) is 0 Å². The van der Waals surface area contributed by atoms with Crippen molar-refractivity contribution in [3.05, 3.63) is 29.3 Å². The van der Waals surface area contributed by atoms with Crippen LogP contribution in [-0.2, 0) is 15.6 Å². The van der Waals surface area contributed by atoms with Crippen molar-refractivity contribution in [1.29, 1.82) is 0 Å². The molecule has 0 bridgehead atoms. The molecule has 0 saturated heterocycles. The topological polar surface area (TPSA) is 34.1 Å². The molecule has 1 unspecified atom stereocenters. The molecule has 1 fully saturated rings. The van der Waals surface area contributed by atoms with Gasteiger partial charge in [0.1, 0.15) is 5.78 Å². The van der Waals surface area contributed by atoms with Gasteiger partial charge in [-0.15, -0.1) is 0 Å². The second-order valence-electron chi connectivity index (χ2n) is 5.56. The minimum Gasteiger partial charge on any atom is -0.298 e. The third-order valence-electron chi connectivity index (χ3n) is 3.92. The fraction of sp³-hybridized carbons (Fsp3) is 0.562. The number of carbonyl (C=O) groups is 1. The maximum Gasteiger partial charge on any atom is 0.148 e. The summed E-state index contributed by atoms with van der Waals surface area (Å²) in [7, 11) is -1.19. The normalized spacial score (nSPS) is 18.2. The van der Waals surface area contributed by atoms with Gasteiger partial charge in [0.05, 0.1) is 16.6 Å². The van der Waals surface area contributed by atoms with E-state index < -0.39 is 10.8 Å². The zero-order valence-electron chi connectivity index (χ0n) is 11.8. The lowest BCUT2D eigenvalue weighted by Gasteiger charge is -2.20. The van der Waals surface area contributed by atoms with Crippen molar-refractivity contribution in [2.24, 2.45) is 5.92 Å². The highest BCUT2D eigenvalue weighted by atomic mass is 32.2. The molecule has 0 amide bonds. The Morgan fingerprint density at radius 2 is 1.89 bits per heavy atom. The van der Waals surface area contributed by atoms with E-state index in [4.69, 9.17) is 0 Å². The summed E-state index contributed by atoms with van der Waals surface area (Å²) in [5.41, 5.74) is 2.11. The van der Waals surface area contributed by atoms with Crippen LogP contribution in [0.4, 0.5) is 0 Å². The molecule has 0 N–H and O–H groups in total. The van der Waals surface area contributed by atoms with Crippen molar-refractivity contribution in [3.8, 4) is 0 Å². The summed E-state index contributed by atoms with van der Waals surface area (Å²) in [5, 5.41) is 0. The Kier molecular flexibility index (Phi) is 4.92. The fourth-order valence-corrected chi connectivity index (χ4v) is 4.10. The van der Waals surface area contributed by atoms with Gasteiger partial charge in [0.25, 0.3) is 0 Å². The van der Waals surface area contributed by atoms with E-state index in [0.29, 0.717) is 0 Å². The summed E-state index contributed by atoms with van der Waals surface area (Å²) in [6.07, 6.45) is 5.51. The molecule has 1 atom stereocenters. The third-order valence-corrected chi connectivity index (χ3v) is 5.40. The number of carbonyl (C=O) groups excluding carboxylic acids is 1. The van der Waals surface area contributed by atoms with E-state index in [9.17, 15) is 9.00 Å². The summed E-state index contributed by atoms with van der Waals surface area (Å²) >= 11 is 0. The van der Waals surface area contributed by atoms with Crippen LogP contribution in [0.15, 0.2) is 23.1 Å². The second kappa shape index (κ2) is 6.47. The summed E-state index contributed by atoms with van der Waals surface area (Å²) in [6, 6.07) is 5.94. The molecular formula is C16H22O2S. The molecule has 19 heavy (non-hydrogen) atoms. The number of rotatable bonds is 4. The quantitative estimate of drug-likeness (QED) is 0.844. The van der Waals surface area contributed by atoms with Crippen LogP contribution in [0, 0.1) is 19.8 Å². The number of benzene rings is 1. The molecule has 3 heteroatoms. The monoisotopic (exact) mass is 278 g/mol. The second-order valence-corrected chi connectivity index (χ2v) is 6.98. The maximum absolute atomic E-state index is 12.4. The van der Waals surface area contributed by atoms with Crippen molar-refractivity contribution in [2.75, 3.05) is 5.75 Å². The zero-order chi connectivity index (χ0) is 13.8. The molecule has 0 aliphatic heterocycles. The Morgan fingerprint density at radius 1 is 1.21 bits per heavy atom. The van der Waals surface area contributed by atoms with Crippen molar-refractivity contribution >= 4 is 16.6 Å². The van der Waals surface area contributed by atoms with Crippen molar-refractivity contribution in [1.82, 2.24) is 0 Å². The van der Waals surface area contributed by atoms with Gasteiger partial charge in [0.2, 0.25) is 0 Å². The molecule has 1 aromatic rings. The van der Waals surface area contributed by atoms with Crippen LogP contribution in [0.25, 0.3) is 0 Å². The molecule has 104 valence electrons. The van der Waals surface area contributed by atoms with Crippen molar-refractivity contribution < 1.29 is 9.00 Å². The number of ketones is 1. The van der Waals surface area contributed by atoms with Gasteiger partial charge in [-0.3, -0.25) is 9.00 Å². The molecule has 0 spiro atoms. The van der Waals surface area contributed by atoms with Crippen LogP contribution in [0.1, 0.15) is 43.2 Å². The first kappa shape index (κ1) is 14.4. The zero-order valence-corrected chi connectivity index (χ0v) is 12.6. The van der Waals surface area contributed by atoms with Crippen LogP contribution in [0.3, 0.4) is 0 Å². The Labute approximate surface area is 118 Å². The molecule has 1 saturated carbocycles. The smallest absolute Gasteiger partial charge is 0.148 e. The lowest BCUT2D eigenvalue weighted by Crippen LogP contribution is -2.23. The minimum absolute atomic E-state index is 0.155. The van der Waals surface area contributed by atoms with E-state index in [2.05, 4.69) is 0 Å². The number of Topliss-reactive ketones (excluding diaryl/α,β-unsaturated/α-hetero) is 1. The molecule has 1 aromatic carbocycles. The summed E-state index contributed by atoms with van der Waals surface area (Å²) in [6.45, 7) is 3.95. The van der Waals surface area contributed by atoms with Crippen LogP contribution in [0.2, 0.25) is 0 Å². The Bertz CT molecular complexity index is 488. The lowest BCUT2D eigenvalue weighted by molar-refractivity contribution is -0.121. The third kappa shape index (κ3) is 3.75. The first-order valence-corrected chi connectivity index (χ1v) is 8.38. The van der Waals surface area contributed by atoms with Gasteiger partial charge in [-0.2, -0.15) is 0 Å². The van der Waals surface area contributed by atoms with Gasteiger partial charge in [-0.25, -0.2) is 0 Å². The molecule has 2 rings (SSSR count). The SMILES string of the molecule is Cc1ccc(C)c(S(=O)CC(=O)C2CCCCC2)c1. The summed E-state index contributed by atoms with van der Waals surface area (Å²) in [5.74, 6) is 0.538. The van der Waals surface area contributed by atoms with Crippen molar-refractivity contribution in [2.45, 2.75) is 50.8 Å². The summed E-state index contributed by atoms with van der Waals surface area (Å²) < 4.78 is 12.4. The van der Waals surface area contributed by atoms with Gasteiger partial charge in [-0.05, 0) is 43.9 Å². The van der Waals surface area contributed by atoms with Crippen LogP contribution in [0.5, 0.6) is 0 Å². The maximum atomic E-state index is 12.4. The standard InChI is InChI=1S/C16H22O2S/c1-12-8-9-13(2)16(10-12)19(18)11-15(17)14-6-4-3-5-7-14/h8-10,14H,3-7,11H2,1-2H3. The average Bonchev–Trinajstić information content (AvgIpc) is 2.42. The first-order chi connectivity index (χ1) is 9.08. The van der Waals surface area contributed by atoms with E-state index in [1.807, 2.05) is 32.0 Å². The molecule has 2 nitrogen and oxygen atoms in total. The van der Waals surface area contributed by atoms with E-state index in [-0.39, 0.29) is 17.5 Å². The van der Waals surface area contributed by atoms with E-state index in [1.165, 1.54) is 6.42 Å². The fourth-order valence-electron chi connectivity index (χ4n) is 2.70. The van der Waals surface area contributed by atoms with Crippen molar-refractivity contribution in [3.63, 3.8) is 0 Å². The highest BCUT2D eigenvalue weighted by molar-refractivity contribution is 7.85. The Hall–Kier alpha value is -0.960. The molecule has 0 aromatic heterocycles. The highest BCUT2D eigenvalue weighted by Crippen LogP contribution is 2.25. The number of hydrogen-bond donors (Lipinski definition) is 0. The molecule has 1 aliphatic rings. The summed E-state index contributed by atoms with van der Waals surface area (Å²) in [4.78, 5) is 13.0. The average molecular weight is 278 g/mol. The van der Waals surface area contributed by atoms with E-state index >= 15 is 0 Å². The van der Waals surface area contributed by atoms with Crippen LogP contribution >= 0.6 is 0 Å². The Balaban J connectivity index is 2.04. The van der Waals surface area contributed by atoms with Gasteiger partial charge >= 0.3 is 0 Å². The molecular weight excluding hydrogens is 256 g/mol. The van der Waals surface area contributed by atoms with Gasteiger partial charge < -0.3 is 0 Å². The van der Waals surface area contributed by atoms with Crippen LogP contribution < -0.4 is 0 Å². The van der Waals surface area contributed by atoms with Crippen LogP contribution in [-0.4, -0.2) is 15.7 Å². The number of aryl methyl sites for hydroxylation is 2. The predicted octanol–water partition coefficient (Wildman–Crippen LogP) is 3.56. The molecule has 1 aliphatic carbocycles. The Morgan fingerprint density at radius 3 is 2.58 bits per heavy atom. The van der Waals surface area contributed by atoms with Gasteiger partial charge in [0.15, 0.2) is 0 Å².